The summed E-state index contributed by atoms with van der Waals surface area (Å²) in [5.41, 5.74) is 0. The van der Waals surface area contributed by atoms with Gasteiger partial charge in [-0.3, -0.25) is 4.21 Å². The van der Waals surface area contributed by atoms with Crippen molar-refractivity contribution < 1.29 is 4.21 Å². The second-order valence-corrected chi connectivity index (χ2v) is 4.75. The number of rotatable bonds is 3. The van der Waals surface area contributed by atoms with Crippen LogP contribution in [0.1, 0.15) is 0 Å². The minimum atomic E-state index is -0.820. The van der Waals surface area contributed by atoms with Crippen LogP contribution in [0, 0.1) is 0 Å². The first-order chi connectivity index (χ1) is 5.34. The molecule has 0 saturated carbocycles. The molecule has 0 spiro atoms. The van der Waals surface area contributed by atoms with Gasteiger partial charge >= 0.3 is 0 Å². The average molecular weight is 186 g/mol. The van der Waals surface area contributed by atoms with Crippen LogP contribution in [0.25, 0.3) is 0 Å². The van der Waals surface area contributed by atoms with Gasteiger partial charge in [0, 0.05) is 4.90 Å². The first-order valence-electron chi connectivity index (χ1n) is 3.27. The largest absolute Gasteiger partial charge is 0.253 e. The summed E-state index contributed by atoms with van der Waals surface area (Å²) in [6.45, 7) is 0. The number of thioether (sulfide) groups is 1. The van der Waals surface area contributed by atoms with Gasteiger partial charge in [0.2, 0.25) is 0 Å². The summed E-state index contributed by atoms with van der Waals surface area (Å²) in [6, 6.07) is 9.54. The molecule has 0 bridgehead atoms. The highest BCUT2D eigenvalue weighted by Gasteiger charge is 1.99. The third kappa shape index (κ3) is 2.67. The van der Waals surface area contributed by atoms with E-state index in [9.17, 15) is 4.21 Å². The van der Waals surface area contributed by atoms with E-state index >= 15 is 0 Å². The Hall–Kier alpha value is -0.280. The maximum absolute atomic E-state index is 11.3. The Morgan fingerprint density at radius 1 is 1.36 bits per heavy atom. The lowest BCUT2D eigenvalue weighted by Gasteiger charge is -1.97. The second kappa shape index (κ2) is 4.57. The average Bonchev–Trinajstić information content (AvgIpc) is 2.07. The zero-order valence-corrected chi connectivity index (χ0v) is 7.95. The Morgan fingerprint density at radius 3 is 2.55 bits per heavy atom. The molecular weight excluding hydrogens is 176 g/mol. The molecule has 0 N–H and O–H groups in total. The lowest BCUT2D eigenvalue weighted by Crippen LogP contribution is -1.92. The monoisotopic (exact) mass is 186 g/mol. The summed E-state index contributed by atoms with van der Waals surface area (Å²) in [7, 11) is -0.820. The standard InChI is InChI=1S/C8H10OS2/c1-10-7-11(9)8-5-3-2-4-6-8/h2-6H,7H2,1H3/t11-/m0/s1. The molecule has 60 valence electrons. The van der Waals surface area contributed by atoms with Crippen molar-refractivity contribution in [2.45, 2.75) is 4.90 Å². The molecule has 0 aliphatic rings. The third-order valence-electron chi connectivity index (χ3n) is 1.23. The van der Waals surface area contributed by atoms with E-state index in [4.69, 9.17) is 0 Å². The fourth-order valence-electron chi connectivity index (χ4n) is 0.747. The van der Waals surface area contributed by atoms with Crippen LogP contribution in [0.4, 0.5) is 0 Å². The maximum atomic E-state index is 11.3. The minimum Gasteiger partial charge on any atom is -0.253 e. The topological polar surface area (TPSA) is 17.1 Å². The van der Waals surface area contributed by atoms with E-state index in [0.29, 0.717) is 5.08 Å². The molecule has 1 aromatic rings. The highest BCUT2D eigenvalue weighted by Crippen LogP contribution is 2.08. The van der Waals surface area contributed by atoms with E-state index in [-0.39, 0.29) is 0 Å². The molecule has 1 atom stereocenters. The molecule has 0 unspecified atom stereocenters. The van der Waals surface area contributed by atoms with Gasteiger partial charge in [0.05, 0.1) is 15.9 Å². The van der Waals surface area contributed by atoms with Crippen molar-refractivity contribution in [1.29, 1.82) is 0 Å². The fraction of sp³-hybridized carbons (Fsp3) is 0.250. The van der Waals surface area contributed by atoms with Crippen LogP contribution in [0.3, 0.4) is 0 Å². The summed E-state index contributed by atoms with van der Waals surface area (Å²) < 4.78 is 11.3. The number of hydrogen-bond acceptors (Lipinski definition) is 2. The molecule has 0 aliphatic heterocycles. The molecule has 3 heteroatoms. The number of benzene rings is 1. The van der Waals surface area contributed by atoms with E-state index in [0.717, 1.165) is 4.90 Å². The van der Waals surface area contributed by atoms with Gasteiger partial charge in [-0.25, -0.2) is 0 Å². The molecule has 0 radical (unpaired) electrons. The van der Waals surface area contributed by atoms with Gasteiger partial charge in [0.1, 0.15) is 0 Å². The van der Waals surface area contributed by atoms with Gasteiger partial charge in [-0.2, -0.15) is 11.8 Å². The maximum Gasteiger partial charge on any atom is 0.0736 e. The van der Waals surface area contributed by atoms with E-state index in [2.05, 4.69) is 0 Å². The van der Waals surface area contributed by atoms with E-state index < -0.39 is 10.8 Å². The quantitative estimate of drug-likeness (QED) is 0.719. The van der Waals surface area contributed by atoms with Crippen LogP contribution in [0.15, 0.2) is 35.2 Å². The zero-order valence-electron chi connectivity index (χ0n) is 6.32. The third-order valence-corrected chi connectivity index (χ3v) is 3.83. The van der Waals surface area contributed by atoms with Gasteiger partial charge in [0.25, 0.3) is 0 Å². The van der Waals surface area contributed by atoms with Crippen molar-refractivity contribution in [3.8, 4) is 0 Å². The Kier molecular flexibility index (Phi) is 3.66. The molecule has 1 rings (SSSR count). The molecule has 0 saturated heterocycles. The van der Waals surface area contributed by atoms with Crippen molar-refractivity contribution >= 4 is 22.6 Å². The summed E-state index contributed by atoms with van der Waals surface area (Å²) >= 11 is 1.60. The predicted molar refractivity (Wildman–Crippen MR) is 51.2 cm³/mol. The Bertz CT molecular complexity index is 233. The van der Waals surface area contributed by atoms with E-state index in [1.165, 1.54) is 0 Å². The van der Waals surface area contributed by atoms with Crippen LogP contribution in [-0.4, -0.2) is 15.5 Å². The van der Waals surface area contributed by atoms with Gasteiger partial charge < -0.3 is 0 Å². The molecule has 0 amide bonds. The van der Waals surface area contributed by atoms with Crippen LogP contribution in [-0.2, 0) is 10.8 Å². The summed E-state index contributed by atoms with van der Waals surface area (Å²) in [5.74, 6) is 0. The lowest BCUT2D eigenvalue weighted by atomic mass is 10.4. The first-order valence-corrected chi connectivity index (χ1v) is 5.98. The molecule has 1 aromatic carbocycles. The van der Waals surface area contributed by atoms with E-state index in [1.807, 2.05) is 36.6 Å². The summed E-state index contributed by atoms with van der Waals surface area (Å²) in [4.78, 5) is 0.918. The van der Waals surface area contributed by atoms with Crippen molar-refractivity contribution in [3.05, 3.63) is 30.3 Å². The van der Waals surface area contributed by atoms with Gasteiger partial charge in [-0.05, 0) is 18.4 Å². The van der Waals surface area contributed by atoms with Gasteiger partial charge in [-0.15, -0.1) is 0 Å². The normalized spacial score (nSPS) is 12.8. The second-order valence-electron chi connectivity index (χ2n) is 2.07. The van der Waals surface area contributed by atoms with Crippen LogP contribution in [0.2, 0.25) is 0 Å². The summed E-state index contributed by atoms with van der Waals surface area (Å²) in [6.07, 6.45) is 1.96. The predicted octanol–water partition coefficient (Wildman–Crippen LogP) is 2.11. The van der Waals surface area contributed by atoms with Gasteiger partial charge in [-0.1, -0.05) is 18.2 Å². The Balaban J connectivity index is 2.69. The molecule has 0 fully saturated rings. The van der Waals surface area contributed by atoms with Crippen molar-refractivity contribution in [2.24, 2.45) is 0 Å². The highest BCUT2D eigenvalue weighted by atomic mass is 32.2. The molecule has 1 nitrogen and oxygen atoms in total. The van der Waals surface area contributed by atoms with Crippen molar-refractivity contribution in [1.82, 2.24) is 0 Å². The van der Waals surface area contributed by atoms with Crippen molar-refractivity contribution in [3.63, 3.8) is 0 Å². The molecule has 0 aromatic heterocycles. The smallest absolute Gasteiger partial charge is 0.0736 e. The Morgan fingerprint density at radius 2 is 2.00 bits per heavy atom. The zero-order chi connectivity index (χ0) is 8.10. The molecular formula is C8H10OS2. The molecule has 0 heterocycles. The van der Waals surface area contributed by atoms with E-state index in [1.54, 1.807) is 11.8 Å². The fourth-order valence-corrected chi connectivity index (χ4v) is 2.61. The van der Waals surface area contributed by atoms with Crippen LogP contribution < -0.4 is 0 Å². The molecule has 11 heavy (non-hydrogen) atoms. The SMILES string of the molecule is CSC[S@](=O)c1ccccc1. The Labute approximate surface area is 73.7 Å². The minimum absolute atomic E-state index is 0.685. The molecule has 0 aliphatic carbocycles. The van der Waals surface area contributed by atoms with Gasteiger partial charge in [0.15, 0.2) is 0 Å². The first kappa shape index (κ1) is 8.81. The summed E-state index contributed by atoms with van der Waals surface area (Å²) in [5, 5.41) is 0.685. The highest BCUT2D eigenvalue weighted by molar-refractivity contribution is 8.09. The lowest BCUT2D eigenvalue weighted by molar-refractivity contribution is 0.686. The van der Waals surface area contributed by atoms with Crippen LogP contribution in [0.5, 0.6) is 0 Å². The number of hydrogen-bond donors (Lipinski definition) is 0. The van der Waals surface area contributed by atoms with Crippen LogP contribution >= 0.6 is 11.8 Å². The van der Waals surface area contributed by atoms with Crippen molar-refractivity contribution in [2.75, 3.05) is 11.3 Å².